The van der Waals surface area contributed by atoms with Gasteiger partial charge in [-0.15, -0.1) is 11.3 Å². The lowest BCUT2D eigenvalue weighted by Crippen LogP contribution is -2.29. The number of ether oxygens (including phenoxy) is 1. The summed E-state index contributed by atoms with van der Waals surface area (Å²) in [7, 11) is 1.42. The van der Waals surface area contributed by atoms with E-state index in [1.807, 2.05) is 19.1 Å². The van der Waals surface area contributed by atoms with Crippen molar-refractivity contribution in [3.8, 4) is 0 Å². The van der Waals surface area contributed by atoms with Gasteiger partial charge in [-0.3, -0.25) is 0 Å². The van der Waals surface area contributed by atoms with Gasteiger partial charge in [0.25, 0.3) is 0 Å². The molecule has 15 heavy (non-hydrogen) atoms. The van der Waals surface area contributed by atoms with Gasteiger partial charge in [-0.25, -0.2) is 4.79 Å². The van der Waals surface area contributed by atoms with Crippen molar-refractivity contribution in [3.63, 3.8) is 0 Å². The van der Waals surface area contributed by atoms with Crippen molar-refractivity contribution in [2.24, 2.45) is 0 Å². The molecule has 0 amide bonds. The number of carbonyl (C=O) groups is 1. The first kappa shape index (κ1) is 12.2. The van der Waals surface area contributed by atoms with Crippen molar-refractivity contribution in [2.45, 2.75) is 26.3 Å². The van der Waals surface area contributed by atoms with E-state index in [0.717, 1.165) is 17.8 Å². The highest BCUT2D eigenvalue weighted by Crippen LogP contribution is 2.23. The molecule has 1 unspecified atom stereocenters. The fourth-order valence-electron chi connectivity index (χ4n) is 1.32. The average Bonchev–Trinajstić information content (AvgIpc) is 2.65. The van der Waals surface area contributed by atoms with Crippen LogP contribution in [-0.2, 0) is 9.53 Å². The number of methoxy groups -OCH3 is 1. The summed E-state index contributed by atoms with van der Waals surface area (Å²) in [6.45, 7) is 4.92. The minimum absolute atomic E-state index is 0.217. The lowest BCUT2D eigenvalue weighted by atomic mass is 10.2. The summed E-state index contributed by atoms with van der Waals surface area (Å²) in [5.41, 5.74) is 0. The standard InChI is InChI=1S/C11H17NO2S/c1-4-7-12-10(11(13)14-3)9-6-5-8(2)15-9/h5-6,10,12H,4,7H2,1-3H3. The Bertz CT molecular complexity index is 322. The zero-order valence-electron chi connectivity index (χ0n) is 9.37. The van der Waals surface area contributed by atoms with Crippen molar-refractivity contribution < 1.29 is 9.53 Å². The Hall–Kier alpha value is -0.870. The van der Waals surface area contributed by atoms with Crippen LogP contribution in [0.2, 0.25) is 0 Å². The van der Waals surface area contributed by atoms with Gasteiger partial charge in [-0.1, -0.05) is 6.92 Å². The molecular formula is C11H17NO2S. The largest absolute Gasteiger partial charge is 0.468 e. The second-order valence-electron chi connectivity index (χ2n) is 3.36. The highest BCUT2D eigenvalue weighted by atomic mass is 32.1. The van der Waals surface area contributed by atoms with Crippen LogP contribution in [0.4, 0.5) is 0 Å². The van der Waals surface area contributed by atoms with Crippen LogP contribution in [-0.4, -0.2) is 19.6 Å². The van der Waals surface area contributed by atoms with Crippen molar-refractivity contribution in [3.05, 3.63) is 21.9 Å². The molecule has 0 aliphatic rings. The minimum atomic E-state index is -0.311. The van der Waals surface area contributed by atoms with E-state index in [4.69, 9.17) is 4.74 Å². The number of esters is 1. The molecule has 0 aromatic carbocycles. The Kier molecular flexibility index (Phi) is 4.78. The molecule has 1 heterocycles. The maximum atomic E-state index is 11.5. The summed E-state index contributed by atoms with van der Waals surface area (Å²) in [6.07, 6.45) is 0.998. The fraction of sp³-hybridized carbons (Fsp3) is 0.545. The first-order chi connectivity index (χ1) is 7.19. The molecule has 1 aromatic heterocycles. The van der Waals surface area contributed by atoms with E-state index in [9.17, 15) is 4.79 Å². The first-order valence-electron chi connectivity index (χ1n) is 5.06. The third kappa shape index (κ3) is 3.32. The van der Waals surface area contributed by atoms with E-state index in [1.54, 1.807) is 11.3 Å². The lowest BCUT2D eigenvalue weighted by Gasteiger charge is -2.14. The molecule has 4 heteroatoms. The Morgan fingerprint density at radius 1 is 1.60 bits per heavy atom. The molecule has 1 atom stereocenters. The van der Waals surface area contributed by atoms with E-state index < -0.39 is 0 Å². The topological polar surface area (TPSA) is 38.3 Å². The average molecular weight is 227 g/mol. The molecule has 0 spiro atoms. The van der Waals surface area contributed by atoms with Crippen LogP contribution in [0.25, 0.3) is 0 Å². The summed E-state index contributed by atoms with van der Waals surface area (Å²) in [6, 6.07) is 3.68. The van der Waals surface area contributed by atoms with Gasteiger partial charge in [-0.05, 0) is 32.0 Å². The Balaban J connectivity index is 2.76. The van der Waals surface area contributed by atoms with Crippen LogP contribution in [0.5, 0.6) is 0 Å². The number of carbonyl (C=O) groups excluding carboxylic acids is 1. The Labute approximate surface area is 94.5 Å². The van der Waals surface area contributed by atoms with E-state index in [0.29, 0.717) is 0 Å². The van der Waals surface area contributed by atoms with E-state index >= 15 is 0 Å². The minimum Gasteiger partial charge on any atom is -0.468 e. The normalized spacial score (nSPS) is 12.5. The fourth-order valence-corrected chi connectivity index (χ4v) is 2.26. The second-order valence-corrected chi connectivity index (χ2v) is 4.68. The number of hydrogen-bond donors (Lipinski definition) is 1. The van der Waals surface area contributed by atoms with E-state index in [-0.39, 0.29) is 12.0 Å². The van der Waals surface area contributed by atoms with Crippen LogP contribution in [0, 0.1) is 6.92 Å². The van der Waals surface area contributed by atoms with Crippen LogP contribution in [0.1, 0.15) is 29.1 Å². The highest BCUT2D eigenvalue weighted by molar-refractivity contribution is 7.12. The molecule has 1 aromatic rings. The van der Waals surface area contributed by atoms with Gasteiger partial charge in [0.15, 0.2) is 0 Å². The van der Waals surface area contributed by atoms with Crippen LogP contribution in [0.15, 0.2) is 12.1 Å². The Morgan fingerprint density at radius 3 is 2.80 bits per heavy atom. The maximum Gasteiger partial charge on any atom is 0.328 e. The van der Waals surface area contributed by atoms with Crippen molar-refractivity contribution in [1.82, 2.24) is 5.32 Å². The molecule has 0 bridgehead atoms. The summed E-state index contributed by atoms with van der Waals surface area (Å²) in [4.78, 5) is 13.8. The Morgan fingerprint density at radius 2 is 2.33 bits per heavy atom. The quantitative estimate of drug-likeness (QED) is 0.784. The van der Waals surface area contributed by atoms with Gasteiger partial charge in [0.2, 0.25) is 0 Å². The van der Waals surface area contributed by atoms with E-state index in [1.165, 1.54) is 12.0 Å². The first-order valence-corrected chi connectivity index (χ1v) is 5.88. The molecule has 1 N–H and O–H groups in total. The number of rotatable bonds is 5. The molecule has 0 saturated carbocycles. The van der Waals surface area contributed by atoms with Gasteiger partial charge in [-0.2, -0.15) is 0 Å². The number of aryl methyl sites for hydroxylation is 1. The predicted molar refractivity (Wildman–Crippen MR) is 62.1 cm³/mol. The second kappa shape index (κ2) is 5.88. The molecular weight excluding hydrogens is 210 g/mol. The van der Waals surface area contributed by atoms with Gasteiger partial charge < -0.3 is 10.1 Å². The molecule has 0 saturated heterocycles. The van der Waals surface area contributed by atoms with Gasteiger partial charge in [0.1, 0.15) is 6.04 Å². The maximum absolute atomic E-state index is 11.5. The van der Waals surface area contributed by atoms with Crippen molar-refractivity contribution in [2.75, 3.05) is 13.7 Å². The van der Waals surface area contributed by atoms with Gasteiger partial charge >= 0.3 is 5.97 Å². The van der Waals surface area contributed by atoms with Crippen LogP contribution >= 0.6 is 11.3 Å². The smallest absolute Gasteiger partial charge is 0.328 e. The van der Waals surface area contributed by atoms with Crippen LogP contribution in [0.3, 0.4) is 0 Å². The van der Waals surface area contributed by atoms with Crippen molar-refractivity contribution in [1.29, 1.82) is 0 Å². The monoisotopic (exact) mass is 227 g/mol. The lowest BCUT2D eigenvalue weighted by molar-refractivity contribution is -0.143. The van der Waals surface area contributed by atoms with E-state index in [2.05, 4.69) is 12.2 Å². The molecule has 0 aliphatic carbocycles. The zero-order valence-corrected chi connectivity index (χ0v) is 10.2. The van der Waals surface area contributed by atoms with Gasteiger partial charge in [0, 0.05) is 9.75 Å². The number of thiophene rings is 1. The third-order valence-corrected chi connectivity index (χ3v) is 3.15. The molecule has 0 aliphatic heterocycles. The molecule has 3 nitrogen and oxygen atoms in total. The molecule has 0 fully saturated rings. The predicted octanol–water partition coefficient (Wildman–Crippen LogP) is 2.27. The summed E-state index contributed by atoms with van der Waals surface area (Å²) >= 11 is 1.63. The zero-order chi connectivity index (χ0) is 11.3. The summed E-state index contributed by atoms with van der Waals surface area (Å²) in [5.74, 6) is -0.217. The molecule has 0 radical (unpaired) electrons. The highest BCUT2D eigenvalue weighted by Gasteiger charge is 2.21. The SMILES string of the molecule is CCCNC(C(=O)OC)c1ccc(C)s1. The summed E-state index contributed by atoms with van der Waals surface area (Å²) in [5, 5.41) is 3.19. The molecule has 1 rings (SSSR count). The summed E-state index contributed by atoms with van der Waals surface area (Å²) < 4.78 is 4.78. The van der Waals surface area contributed by atoms with Crippen molar-refractivity contribution >= 4 is 17.3 Å². The third-order valence-electron chi connectivity index (χ3n) is 2.08. The van der Waals surface area contributed by atoms with Gasteiger partial charge in [0.05, 0.1) is 7.11 Å². The van der Waals surface area contributed by atoms with Crippen LogP contribution < -0.4 is 5.32 Å². The number of nitrogens with one attached hydrogen (secondary N) is 1. The molecule has 84 valence electrons. The number of hydrogen-bond acceptors (Lipinski definition) is 4.